The van der Waals surface area contributed by atoms with Crippen LogP contribution in [0.1, 0.15) is 39.9 Å². The number of fused-ring (bicyclic) bond motifs is 1. The molecular formula is C25H22N6O. The number of hydrogen-bond donors (Lipinski definition) is 1. The topological polar surface area (TPSA) is 85.1 Å². The molecule has 32 heavy (non-hydrogen) atoms. The maximum absolute atomic E-state index is 12.6. The maximum Gasteiger partial charge on any atom is 0.271 e. The van der Waals surface area contributed by atoms with Crippen LogP contribution in [-0.4, -0.2) is 31.8 Å². The highest BCUT2D eigenvalue weighted by molar-refractivity contribution is 6.04. The van der Waals surface area contributed by atoms with Crippen LogP contribution in [0.5, 0.6) is 0 Å². The Labute approximate surface area is 185 Å². The second-order valence-corrected chi connectivity index (χ2v) is 7.72. The first-order chi connectivity index (χ1) is 15.8. The van der Waals surface area contributed by atoms with E-state index in [-0.39, 0.29) is 5.91 Å². The number of carbonyl (C=O) groups excluding carboxylic acids is 1. The number of amides is 1. The molecule has 1 heterocycles. The molecule has 1 amide bonds. The molecule has 1 aliphatic rings. The minimum atomic E-state index is -0.225. The molecule has 0 fully saturated rings. The standard InChI is InChI=1S/C25H22N6O/c32-25(28-26-23-12-6-10-19-7-4-5-11-22(19)23)21-15-13-18(14-16-21)17-31-29-24(27-30-31)20-8-2-1-3-9-20/h1-5,7-9,11,13-16H,6,10,12,17H2,(H,28,32). The smallest absolute Gasteiger partial charge is 0.267 e. The van der Waals surface area contributed by atoms with Gasteiger partial charge >= 0.3 is 0 Å². The highest BCUT2D eigenvalue weighted by Gasteiger charge is 2.15. The number of aryl methyl sites for hydroxylation is 1. The van der Waals surface area contributed by atoms with Crippen molar-refractivity contribution in [3.8, 4) is 11.4 Å². The summed E-state index contributed by atoms with van der Waals surface area (Å²) < 4.78 is 0. The van der Waals surface area contributed by atoms with E-state index in [0.29, 0.717) is 17.9 Å². The van der Waals surface area contributed by atoms with Crippen molar-refractivity contribution in [3.63, 3.8) is 0 Å². The Morgan fingerprint density at radius 1 is 0.938 bits per heavy atom. The molecule has 0 spiro atoms. The molecule has 0 unspecified atom stereocenters. The molecule has 0 saturated heterocycles. The first-order valence-electron chi connectivity index (χ1n) is 10.6. The fraction of sp³-hybridized carbons (Fsp3) is 0.160. The van der Waals surface area contributed by atoms with Crippen LogP contribution in [0.3, 0.4) is 0 Å². The molecule has 7 nitrogen and oxygen atoms in total. The zero-order valence-corrected chi connectivity index (χ0v) is 17.5. The van der Waals surface area contributed by atoms with E-state index in [4.69, 9.17) is 0 Å². The third-order valence-electron chi connectivity index (χ3n) is 5.51. The van der Waals surface area contributed by atoms with Gasteiger partial charge in [-0.15, -0.1) is 10.2 Å². The van der Waals surface area contributed by atoms with Gasteiger partial charge in [0.2, 0.25) is 5.82 Å². The maximum atomic E-state index is 12.6. The molecule has 158 valence electrons. The van der Waals surface area contributed by atoms with Crippen molar-refractivity contribution in [3.05, 3.63) is 101 Å². The zero-order chi connectivity index (χ0) is 21.8. The summed E-state index contributed by atoms with van der Waals surface area (Å²) in [7, 11) is 0. The number of rotatable bonds is 5. The van der Waals surface area contributed by atoms with Crippen LogP contribution in [0.25, 0.3) is 11.4 Å². The predicted molar refractivity (Wildman–Crippen MR) is 122 cm³/mol. The van der Waals surface area contributed by atoms with Gasteiger partial charge in [-0.05, 0) is 47.7 Å². The number of tetrazole rings is 1. The van der Waals surface area contributed by atoms with E-state index < -0.39 is 0 Å². The van der Waals surface area contributed by atoms with Crippen LogP contribution < -0.4 is 5.43 Å². The van der Waals surface area contributed by atoms with Gasteiger partial charge in [0, 0.05) is 16.7 Å². The second kappa shape index (κ2) is 8.93. The highest BCUT2D eigenvalue weighted by Crippen LogP contribution is 2.21. The summed E-state index contributed by atoms with van der Waals surface area (Å²) in [6.45, 7) is 0.473. The van der Waals surface area contributed by atoms with Gasteiger partial charge in [0.05, 0.1) is 12.3 Å². The lowest BCUT2D eigenvalue weighted by molar-refractivity contribution is 0.0954. The van der Waals surface area contributed by atoms with Crippen molar-refractivity contribution < 1.29 is 4.79 Å². The molecule has 7 heteroatoms. The molecule has 0 atom stereocenters. The van der Waals surface area contributed by atoms with Crippen LogP contribution in [-0.2, 0) is 13.0 Å². The van der Waals surface area contributed by atoms with E-state index in [1.54, 1.807) is 16.9 Å². The van der Waals surface area contributed by atoms with E-state index in [2.05, 4.69) is 38.1 Å². The quantitative estimate of drug-likeness (QED) is 0.495. The van der Waals surface area contributed by atoms with Crippen molar-refractivity contribution in [1.82, 2.24) is 25.6 Å². The molecule has 3 aromatic carbocycles. The lowest BCUT2D eigenvalue weighted by Crippen LogP contribution is -2.22. The Morgan fingerprint density at radius 3 is 2.56 bits per heavy atom. The molecule has 0 radical (unpaired) electrons. The number of carbonyl (C=O) groups is 1. The van der Waals surface area contributed by atoms with Gasteiger partial charge in [0.15, 0.2) is 0 Å². The minimum absolute atomic E-state index is 0.225. The SMILES string of the molecule is O=C(NN=C1CCCc2ccccc21)c1ccc(Cn2nnc(-c3ccccc3)n2)cc1. The number of hydrogen-bond acceptors (Lipinski definition) is 5. The Hall–Kier alpha value is -4.13. The van der Waals surface area contributed by atoms with Gasteiger partial charge in [0.25, 0.3) is 5.91 Å². The van der Waals surface area contributed by atoms with Crippen LogP contribution in [0.2, 0.25) is 0 Å². The van der Waals surface area contributed by atoms with E-state index in [9.17, 15) is 4.79 Å². The minimum Gasteiger partial charge on any atom is -0.267 e. The van der Waals surface area contributed by atoms with Crippen LogP contribution in [0, 0.1) is 0 Å². The average Bonchev–Trinajstić information content (AvgIpc) is 3.32. The monoisotopic (exact) mass is 422 g/mol. The van der Waals surface area contributed by atoms with Crippen molar-refractivity contribution in [1.29, 1.82) is 0 Å². The Bertz CT molecular complexity index is 1260. The number of aromatic nitrogens is 4. The zero-order valence-electron chi connectivity index (χ0n) is 17.5. The predicted octanol–water partition coefficient (Wildman–Crippen LogP) is 3.86. The average molecular weight is 422 g/mol. The van der Waals surface area contributed by atoms with Crippen molar-refractivity contribution in [2.45, 2.75) is 25.8 Å². The van der Waals surface area contributed by atoms with Gasteiger partial charge in [-0.3, -0.25) is 4.79 Å². The summed E-state index contributed by atoms with van der Waals surface area (Å²) >= 11 is 0. The fourth-order valence-corrected chi connectivity index (χ4v) is 3.84. The molecule has 0 saturated carbocycles. The van der Waals surface area contributed by atoms with E-state index >= 15 is 0 Å². The number of benzene rings is 3. The third-order valence-corrected chi connectivity index (χ3v) is 5.51. The second-order valence-electron chi connectivity index (χ2n) is 7.72. The lowest BCUT2D eigenvalue weighted by Gasteiger charge is -2.17. The van der Waals surface area contributed by atoms with Crippen LogP contribution >= 0.6 is 0 Å². The number of hydrazone groups is 1. The summed E-state index contributed by atoms with van der Waals surface area (Å²) in [5.41, 5.74) is 8.51. The molecule has 0 aliphatic heterocycles. The first-order valence-corrected chi connectivity index (χ1v) is 10.6. The van der Waals surface area contributed by atoms with Gasteiger partial charge in [-0.2, -0.15) is 9.90 Å². The normalized spacial score (nSPS) is 14.2. The first kappa shape index (κ1) is 19.8. The van der Waals surface area contributed by atoms with Crippen molar-refractivity contribution in [2.75, 3.05) is 0 Å². The molecule has 1 aliphatic carbocycles. The molecule has 5 rings (SSSR count). The fourth-order valence-electron chi connectivity index (χ4n) is 3.84. The lowest BCUT2D eigenvalue weighted by atomic mass is 9.90. The largest absolute Gasteiger partial charge is 0.271 e. The van der Waals surface area contributed by atoms with Gasteiger partial charge in [-0.1, -0.05) is 66.7 Å². The molecular weight excluding hydrogens is 400 g/mol. The molecule has 4 aromatic rings. The third kappa shape index (κ3) is 4.32. The van der Waals surface area contributed by atoms with E-state index in [0.717, 1.165) is 41.7 Å². The summed E-state index contributed by atoms with van der Waals surface area (Å²) in [5, 5.41) is 17.1. The van der Waals surface area contributed by atoms with E-state index in [1.165, 1.54) is 5.56 Å². The van der Waals surface area contributed by atoms with Crippen molar-refractivity contribution in [2.24, 2.45) is 5.10 Å². The van der Waals surface area contributed by atoms with Gasteiger partial charge < -0.3 is 0 Å². The van der Waals surface area contributed by atoms with E-state index in [1.807, 2.05) is 54.6 Å². The van der Waals surface area contributed by atoms with Crippen molar-refractivity contribution >= 4 is 11.6 Å². The Morgan fingerprint density at radius 2 is 1.72 bits per heavy atom. The summed E-state index contributed by atoms with van der Waals surface area (Å²) in [6.07, 6.45) is 2.97. The summed E-state index contributed by atoms with van der Waals surface area (Å²) in [6, 6.07) is 25.3. The molecule has 1 aromatic heterocycles. The summed E-state index contributed by atoms with van der Waals surface area (Å²) in [4.78, 5) is 14.1. The van der Waals surface area contributed by atoms with Gasteiger partial charge in [-0.25, -0.2) is 5.43 Å². The van der Waals surface area contributed by atoms with Gasteiger partial charge in [0.1, 0.15) is 0 Å². The van der Waals surface area contributed by atoms with Crippen LogP contribution in [0.15, 0.2) is 84.0 Å². The Kier molecular flexibility index (Phi) is 5.53. The summed E-state index contributed by atoms with van der Waals surface area (Å²) in [5.74, 6) is 0.363. The highest BCUT2D eigenvalue weighted by atomic mass is 16.2. The number of nitrogens with one attached hydrogen (secondary N) is 1. The van der Waals surface area contributed by atoms with Crippen LogP contribution in [0.4, 0.5) is 0 Å². The molecule has 1 N–H and O–H groups in total. The Balaban J connectivity index is 1.23. The number of nitrogens with zero attached hydrogens (tertiary/aromatic N) is 5. The molecule has 0 bridgehead atoms.